The van der Waals surface area contributed by atoms with Gasteiger partial charge in [0.05, 0.1) is 23.1 Å². The zero-order valence-corrected chi connectivity index (χ0v) is 19.1. The van der Waals surface area contributed by atoms with Gasteiger partial charge in [-0.2, -0.15) is 13.2 Å². The molecule has 0 saturated heterocycles. The number of allylic oxidation sites excluding steroid dienone is 3. The summed E-state index contributed by atoms with van der Waals surface area (Å²) in [6.45, 7) is 3.48. The summed E-state index contributed by atoms with van der Waals surface area (Å²) < 4.78 is 57.0. The van der Waals surface area contributed by atoms with E-state index in [1.807, 2.05) is 19.1 Å². The van der Waals surface area contributed by atoms with E-state index in [9.17, 15) is 18.0 Å². The molecule has 9 heteroatoms. The number of nitrogens with zero attached hydrogens (tertiary/aromatic N) is 1. The molecule has 3 aromatic rings. The number of benzene rings is 2. The number of oxazole rings is 1. The molecule has 0 radical (unpaired) electrons. The van der Waals surface area contributed by atoms with Gasteiger partial charge in [-0.05, 0) is 37.3 Å². The van der Waals surface area contributed by atoms with Gasteiger partial charge in [0.15, 0.2) is 5.58 Å². The molecule has 2 aromatic carbocycles. The van der Waals surface area contributed by atoms with Crippen molar-refractivity contribution in [2.45, 2.75) is 31.5 Å². The van der Waals surface area contributed by atoms with Crippen LogP contribution in [-0.4, -0.2) is 22.9 Å². The molecule has 0 aliphatic heterocycles. The van der Waals surface area contributed by atoms with Crippen LogP contribution in [0.2, 0.25) is 0 Å². The maximum Gasteiger partial charge on any atom is 0.416 e. The average Bonchev–Trinajstić information content (AvgIpc) is 3.23. The van der Waals surface area contributed by atoms with E-state index in [2.05, 4.69) is 4.98 Å². The zero-order chi connectivity index (χ0) is 24.5. The van der Waals surface area contributed by atoms with Crippen molar-refractivity contribution in [1.29, 1.82) is 0 Å². The fourth-order valence-electron chi connectivity index (χ4n) is 3.68. The number of carbonyl (C=O) groups is 1. The van der Waals surface area contributed by atoms with Gasteiger partial charge in [0, 0.05) is 11.5 Å². The van der Waals surface area contributed by atoms with Crippen LogP contribution in [-0.2, 0) is 20.4 Å². The summed E-state index contributed by atoms with van der Waals surface area (Å²) in [5, 5.41) is -0.410. The van der Waals surface area contributed by atoms with Crippen LogP contribution in [0.1, 0.15) is 37.0 Å². The number of rotatable bonds is 6. The molecule has 178 valence electrons. The van der Waals surface area contributed by atoms with E-state index in [1.165, 1.54) is 12.1 Å². The quantitative estimate of drug-likeness (QED) is 0.284. The Morgan fingerprint density at radius 2 is 1.97 bits per heavy atom. The molecule has 0 amide bonds. The molecule has 0 bridgehead atoms. The van der Waals surface area contributed by atoms with E-state index in [1.54, 1.807) is 31.2 Å². The summed E-state index contributed by atoms with van der Waals surface area (Å²) in [4.78, 5) is 17.3. The Kier molecular flexibility index (Phi) is 6.70. The first kappa shape index (κ1) is 23.9. The number of hydrogen-bond donors (Lipinski definition) is 0. The van der Waals surface area contributed by atoms with Gasteiger partial charge in [-0.3, -0.25) is 0 Å². The van der Waals surface area contributed by atoms with E-state index in [0.29, 0.717) is 16.7 Å². The highest BCUT2D eigenvalue weighted by Gasteiger charge is 2.35. The van der Waals surface area contributed by atoms with Crippen LogP contribution in [0, 0.1) is 5.92 Å². The number of hydrogen-bond acceptors (Lipinski definition) is 5. The maximum absolute atomic E-state index is 13.3. The Morgan fingerprint density at radius 3 is 2.68 bits per heavy atom. The first-order chi connectivity index (χ1) is 16.2. The number of fused-ring (bicyclic) bond motifs is 1. The highest BCUT2D eigenvalue weighted by Crippen LogP contribution is 2.40. The Bertz CT molecular complexity index is 1230. The molecular weight excluding hydrogens is 471 g/mol. The summed E-state index contributed by atoms with van der Waals surface area (Å²) >= 11 is 6.45. The van der Waals surface area contributed by atoms with E-state index in [-0.39, 0.29) is 29.7 Å². The second kappa shape index (κ2) is 9.54. The molecule has 1 heterocycles. The van der Waals surface area contributed by atoms with Gasteiger partial charge in [-0.1, -0.05) is 37.3 Å². The lowest BCUT2D eigenvalue weighted by atomic mass is 9.91. The number of halogens is 4. The van der Waals surface area contributed by atoms with E-state index in [0.717, 1.165) is 12.1 Å². The van der Waals surface area contributed by atoms with Crippen molar-refractivity contribution in [3.8, 4) is 0 Å². The predicted molar refractivity (Wildman–Crippen MR) is 121 cm³/mol. The number of alkyl halides is 4. The fraction of sp³-hybridized carbons (Fsp3) is 0.280. The standard InChI is InChI=1S/C25H21ClF3NO4/c1-3-32-24(31)22(15-7-6-8-16(13-15)25(27,28)29)33-20-12-11-17(26)14(2)21(20)23-30-18-9-4-5-10-19(18)34-23/h4-14,17,22H,3H2,1-2H3. The summed E-state index contributed by atoms with van der Waals surface area (Å²) in [6, 6.07) is 11.6. The molecule has 1 aliphatic carbocycles. The summed E-state index contributed by atoms with van der Waals surface area (Å²) in [6.07, 6.45) is -2.77. The van der Waals surface area contributed by atoms with Gasteiger partial charge in [0.25, 0.3) is 0 Å². The number of carbonyl (C=O) groups excluding carboxylic acids is 1. The van der Waals surface area contributed by atoms with Crippen LogP contribution in [0.5, 0.6) is 0 Å². The molecule has 4 rings (SSSR count). The van der Waals surface area contributed by atoms with Gasteiger partial charge in [0.2, 0.25) is 12.0 Å². The Labute approximate surface area is 198 Å². The number of para-hydroxylation sites is 2. The molecule has 1 aromatic heterocycles. The molecule has 3 atom stereocenters. The highest BCUT2D eigenvalue weighted by molar-refractivity contribution is 6.22. The third kappa shape index (κ3) is 4.82. The van der Waals surface area contributed by atoms with Gasteiger partial charge >= 0.3 is 12.1 Å². The fourth-order valence-corrected chi connectivity index (χ4v) is 3.88. The van der Waals surface area contributed by atoms with E-state index in [4.69, 9.17) is 25.5 Å². The minimum atomic E-state index is -4.58. The minimum absolute atomic E-state index is 0.00624. The minimum Gasteiger partial charge on any atom is -0.473 e. The monoisotopic (exact) mass is 491 g/mol. The number of ether oxygens (including phenoxy) is 2. The number of esters is 1. The highest BCUT2D eigenvalue weighted by atomic mass is 35.5. The third-order valence-electron chi connectivity index (χ3n) is 5.42. The lowest BCUT2D eigenvalue weighted by molar-refractivity contribution is -0.154. The Hall–Kier alpha value is -3.26. The van der Waals surface area contributed by atoms with E-state index < -0.39 is 29.2 Å². The smallest absolute Gasteiger partial charge is 0.416 e. The lowest BCUT2D eigenvalue weighted by Crippen LogP contribution is -2.23. The SMILES string of the molecule is CCOC(=O)C(OC1=C(c2nc3ccccc3o2)C(C)C(Cl)C=C1)c1cccc(C(F)(F)F)c1. The van der Waals surface area contributed by atoms with Crippen LogP contribution < -0.4 is 0 Å². The summed E-state index contributed by atoms with van der Waals surface area (Å²) in [5.41, 5.74) is 0.783. The van der Waals surface area contributed by atoms with Crippen molar-refractivity contribution in [3.63, 3.8) is 0 Å². The van der Waals surface area contributed by atoms with Crippen LogP contribution in [0.15, 0.2) is 70.9 Å². The molecule has 5 nitrogen and oxygen atoms in total. The molecule has 0 spiro atoms. The molecule has 1 aliphatic rings. The molecule has 0 fully saturated rings. The first-order valence-corrected chi connectivity index (χ1v) is 11.1. The topological polar surface area (TPSA) is 61.6 Å². The van der Waals surface area contributed by atoms with Gasteiger partial charge in [0.1, 0.15) is 11.3 Å². The van der Waals surface area contributed by atoms with Crippen molar-refractivity contribution < 1.29 is 31.9 Å². The average molecular weight is 492 g/mol. The molecular formula is C25H21ClF3NO4. The van der Waals surface area contributed by atoms with Crippen LogP contribution in [0.3, 0.4) is 0 Å². The molecule has 3 unspecified atom stereocenters. The van der Waals surface area contributed by atoms with Gasteiger partial charge in [-0.25, -0.2) is 9.78 Å². The maximum atomic E-state index is 13.3. The van der Waals surface area contributed by atoms with Crippen LogP contribution in [0.25, 0.3) is 16.7 Å². The summed E-state index contributed by atoms with van der Waals surface area (Å²) in [5.74, 6) is -0.670. The summed E-state index contributed by atoms with van der Waals surface area (Å²) in [7, 11) is 0. The van der Waals surface area contributed by atoms with Gasteiger partial charge in [-0.15, -0.1) is 11.6 Å². The predicted octanol–water partition coefficient (Wildman–Crippen LogP) is 6.69. The van der Waals surface area contributed by atoms with Crippen molar-refractivity contribution in [2.75, 3.05) is 6.61 Å². The molecule has 0 N–H and O–H groups in total. The van der Waals surface area contributed by atoms with Crippen LogP contribution >= 0.6 is 11.6 Å². The number of aromatic nitrogens is 1. The first-order valence-electron chi connectivity index (χ1n) is 10.6. The second-order valence-corrected chi connectivity index (χ2v) is 8.23. The van der Waals surface area contributed by atoms with Crippen molar-refractivity contribution in [1.82, 2.24) is 4.98 Å². The third-order valence-corrected chi connectivity index (χ3v) is 5.94. The molecule has 0 saturated carbocycles. The van der Waals surface area contributed by atoms with Crippen molar-refractivity contribution >= 4 is 34.2 Å². The van der Waals surface area contributed by atoms with E-state index >= 15 is 0 Å². The second-order valence-electron chi connectivity index (χ2n) is 7.73. The van der Waals surface area contributed by atoms with Crippen molar-refractivity contribution in [2.24, 2.45) is 5.92 Å². The lowest BCUT2D eigenvalue weighted by Gasteiger charge is -2.27. The van der Waals surface area contributed by atoms with Gasteiger partial charge < -0.3 is 13.9 Å². The Morgan fingerprint density at radius 1 is 1.21 bits per heavy atom. The normalized spacial score (nSPS) is 19.4. The zero-order valence-electron chi connectivity index (χ0n) is 18.3. The largest absolute Gasteiger partial charge is 0.473 e. The molecule has 34 heavy (non-hydrogen) atoms. The Balaban J connectivity index is 1.81. The van der Waals surface area contributed by atoms with Crippen molar-refractivity contribution in [3.05, 3.63) is 83.5 Å². The van der Waals surface area contributed by atoms with Crippen LogP contribution in [0.4, 0.5) is 13.2 Å².